The van der Waals surface area contributed by atoms with Crippen LogP contribution in [0.2, 0.25) is 5.02 Å². The molecular weight excluding hydrogens is 450 g/mol. The van der Waals surface area contributed by atoms with Gasteiger partial charge in [0.15, 0.2) is 11.5 Å². The summed E-state index contributed by atoms with van der Waals surface area (Å²) in [6.45, 7) is 0.221. The number of hydrogen-bond acceptors (Lipinski definition) is 6. The molecule has 1 atom stereocenters. The summed E-state index contributed by atoms with van der Waals surface area (Å²) < 4.78 is 5.70. The van der Waals surface area contributed by atoms with Crippen molar-refractivity contribution in [1.82, 2.24) is 4.90 Å². The van der Waals surface area contributed by atoms with Crippen molar-refractivity contribution in [3.63, 3.8) is 0 Å². The van der Waals surface area contributed by atoms with E-state index in [1.165, 1.54) is 28.4 Å². The highest BCUT2D eigenvalue weighted by atomic mass is 35.5. The number of aliphatic hydroxyl groups is 1. The van der Waals surface area contributed by atoms with Crippen LogP contribution in [0.1, 0.15) is 27.0 Å². The zero-order chi connectivity index (χ0) is 22.4. The van der Waals surface area contributed by atoms with Gasteiger partial charge in [-0.3, -0.25) is 9.59 Å². The van der Waals surface area contributed by atoms with Gasteiger partial charge in [0.1, 0.15) is 11.3 Å². The van der Waals surface area contributed by atoms with E-state index in [-0.39, 0.29) is 23.6 Å². The number of fused-ring (bicyclic) bond motifs is 1. The Morgan fingerprint density at radius 1 is 1.09 bits per heavy atom. The first kappa shape index (κ1) is 20.4. The Balaban J connectivity index is 1.60. The van der Waals surface area contributed by atoms with Crippen molar-refractivity contribution in [2.24, 2.45) is 0 Å². The molecule has 8 heteroatoms. The minimum atomic E-state index is -0.838. The van der Waals surface area contributed by atoms with Crippen molar-refractivity contribution in [3.05, 3.63) is 98.6 Å². The van der Waals surface area contributed by atoms with Crippen molar-refractivity contribution in [2.45, 2.75) is 12.6 Å². The molecule has 0 radical (unpaired) electrons. The first-order chi connectivity index (χ1) is 15.4. The van der Waals surface area contributed by atoms with E-state index in [1.54, 1.807) is 36.4 Å². The Labute approximate surface area is 191 Å². The summed E-state index contributed by atoms with van der Waals surface area (Å²) in [5.74, 6) is -1.78. The van der Waals surface area contributed by atoms with Crippen LogP contribution in [0.15, 0.2) is 81.8 Å². The molecule has 1 amide bonds. The zero-order valence-corrected chi connectivity index (χ0v) is 18.1. The Morgan fingerprint density at radius 2 is 1.88 bits per heavy atom. The Hall–Kier alpha value is -3.55. The molecule has 0 bridgehead atoms. The number of ketones is 1. The molecule has 4 aromatic rings. The van der Waals surface area contributed by atoms with Crippen LogP contribution in [0, 0.1) is 0 Å². The number of phenolic OH excluding ortho intramolecular Hbond substituents is 1. The number of aliphatic hydroxyl groups excluding tert-OH is 1. The van der Waals surface area contributed by atoms with E-state index in [1.807, 2.05) is 17.5 Å². The molecule has 0 fully saturated rings. The van der Waals surface area contributed by atoms with Crippen molar-refractivity contribution >= 4 is 45.6 Å². The van der Waals surface area contributed by atoms with Gasteiger partial charge in [-0.15, -0.1) is 11.3 Å². The Morgan fingerprint density at radius 3 is 2.59 bits per heavy atom. The zero-order valence-electron chi connectivity index (χ0n) is 16.5. The number of nitrogens with zero attached hydrogens (tertiary/aromatic N) is 1. The number of hydrogen-bond donors (Lipinski definition) is 2. The predicted molar refractivity (Wildman–Crippen MR) is 121 cm³/mol. The molecule has 6 nitrogen and oxygen atoms in total. The highest BCUT2D eigenvalue weighted by molar-refractivity contribution is 7.09. The first-order valence-electron chi connectivity index (χ1n) is 9.71. The topological polar surface area (TPSA) is 91.0 Å². The summed E-state index contributed by atoms with van der Waals surface area (Å²) in [7, 11) is 0. The van der Waals surface area contributed by atoms with Crippen LogP contribution in [-0.4, -0.2) is 26.8 Å². The van der Waals surface area contributed by atoms with Crippen molar-refractivity contribution in [1.29, 1.82) is 0 Å². The number of phenols is 1. The maximum atomic E-state index is 13.5. The third-order valence-electron chi connectivity index (χ3n) is 5.37. The fourth-order valence-corrected chi connectivity index (χ4v) is 4.76. The summed E-state index contributed by atoms with van der Waals surface area (Å²) in [5.41, 5.74) is 0.987. The quantitative estimate of drug-likeness (QED) is 0.372. The lowest BCUT2D eigenvalue weighted by atomic mass is 9.95. The van der Waals surface area contributed by atoms with Gasteiger partial charge in [-0.25, -0.2) is 0 Å². The van der Waals surface area contributed by atoms with Crippen LogP contribution in [0.25, 0.3) is 11.0 Å². The number of benzene rings is 2. The van der Waals surface area contributed by atoms with E-state index in [9.17, 15) is 19.8 Å². The van der Waals surface area contributed by atoms with Crippen LogP contribution in [0.3, 0.4) is 0 Å². The van der Waals surface area contributed by atoms with Gasteiger partial charge in [0.25, 0.3) is 5.91 Å². The average molecular weight is 466 g/mol. The van der Waals surface area contributed by atoms with Gasteiger partial charge >= 0.3 is 0 Å². The molecule has 1 aliphatic rings. The maximum absolute atomic E-state index is 13.5. The standard InChI is InChI=1S/C24H16ClNO5S/c25-15-5-8-18-14(10-15)11-19(31-18)22(28)20-21(13-3-6-16(27)7-4-13)26(24(30)23(20)29)12-17-2-1-9-32-17/h1-11,21,27,29H,12H2. The monoisotopic (exact) mass is 465 g/mol. The molecule has 1 aliphatic heterocycles. The minimum absolute atomic E-state index is 0.00151. The molecule has 3 heterocycles. The number of furan rings is 1. The third-order valence-corrected chi connectivity index (χ3v) is 6.46. The Kier molecular flexibility index (Phi) is 5.00. The molecule has 0 saturated carbocycles. The van der Waals surface area contributed by atoms with Crippen LogP contribution >= 0.6 is 22.9 Å². The molecular formula is C24H16ClNO5S. The van der Waals surface area contributed by atoms with E-state index in [0.717, 1.165) is 4.88 Å². The van der Waals surface area contributed by atoms with Crippen molar-refractivity contribution in [3.8, 4) is 5.75 Å². The number of aromatic hydroxyl groups is 1. The van der Waals surface area contributed by atoms with Gasteiger partial charge < -0.3 is 19.5 Å². The number of carbonyl (C=O) groups is 2. The highest BCUT2D eigenvalue weighted by Crippen LogP contribution is 2.41. The fourth-order valence-electron chi connectivity index (χ4n) is 3.88. The van der Waals surface area contributed by atoms with Crippen molar-refractivity contribution < 1.29 is 24.2 Å². The molecule has 160 valence electrons. The number of halogens is 1. The molecule has 2 aromatic heterocycles. The number of thiophene rings is 1. The van der Waals surface area contributed by atoms with Gasteiger partial charge in [0.05, 0.1) is 18.2 Å². The van der Waals surface area contributed by atoms with Crippen LogP contribution in [0.4, 0.5) is 0 Å². The lowest BCUT2D eigenvalue weighted by Gasteiger charge is -2.26. The molecule has 2 aromatic carbocycles. The summed E-state index contributed by atoms with van der Waals surface area (Å²) in [4.78, 5) is 28.9. The molecule has 0 spiro atoms. The molecule has 0 aliphatic carbocycles. The lowest BCUT2D eigenvalue weighted by molar-refractivity contribution is -0.130. The minimum Gasteiger partial charge on any atom is -0.508 e. The van der Waals surface area contributed by atoms with Gasteiger partial charge in [-0.05, 0) is 53.4 Å². The second-order valence-corrected chi connectivity index (χ2v) is 8.86. The smallest absolute Gasteiger partial charge is 0.290 e. The van der Waals surface area contributed by atoms with E-state index in [4.69, 9.17) is 16.0 Å². The van der Waals surface area contributed by atoms with E-state index >= 15 is 0 Å². The van der Waals surface area contributed by atoms with Gasteiger partial charge in [0, 0.05) is 15.3 Å². The normalized spacial score (nSPS) is 16.3. The second kappa shape index (κ2) is 7.85. The summed E-state index contributed by atoms with van der Waals surface area (Å²) >= 11 is 7.51. The second-order valence-electron chi connectivity index (χ2n) is 7.39. The van der Waals surface area contributed by atoms with Gasteiger partial charge in [-0.1, -0.05) is 29.8 Å². The van der Waals surface area contributed by atoms with Crippen molar-refractivity contribution in [2.75, 3.05) is 0 Å². The highest BCUT2D eigenvalue weighted by Gasteiger charge is 2.44. The molecule has 5 rings (SSSR count). The SMILES string of the molecule is O=C(C1=C(O)C(=O)N(Cc2cccs2)C1c1ccc(O)cc1)c1cc2cc(Cl)ccc2o1. The fraction of sp³-hybridized carbons (Fsp3) is 0.0833. The first-order valence-corrected chi connectivity index (χ1v) is 11.0. The summed E-state index contributed by atoms with van der Waals surface area (Å²) in [6.07, 6.45) is 0. The van der Waals surface area contributed by atoms with Gasteiger partial charge in [-0.2, -0.15) is 0 Å². The Bertz CT molecular complexity index is 1370. The van der Waals surface area contributed by atoms with E-state index < -0.39 is 23.5 Å². The maximum Gasteiger partial charge on any atom is 0.290 e. The van der Waals surface area contributed by atoms with E-state index in [0.29, 0.717) is 21.6 Å². The molecule has 32 heavy (non-hydrogen) atoms. The van der Waals surface area contributed by atoms with Crippen LogP contribution in [0.5, 0.6) is 5.75 Å². The third kappa shape index (κ3) is 3.45. The van der Waals surface area contributed by atoms with E-state index in [2.05, 4.69) is 0 Å². The van der Waals surface area contributed by atoms with Crippen LogP contribution in [-0.2, 0) is 11.3 Å². The number of Topliss-reactive ketones (excluding diaryl/α,β-unsaturated/α-hetero) is 1. The molecule has 0 saturated heterocycles. The van der Waals surface area contributed by atoms with Crippen LogP contribution < -0.4 is 0 Å². The molecule has 2 N–H and O–H groups in total. The lowest BCUT2D eigenvalue weighted by Crippen LogP contribution is -2.30. The predicted octanol–water partition coefficient (Wildman–Crippen LogP) is 5.63. The summed E-state index contributed by atoms with van der Waals surface area (Å²) in [6, 6.07) is 15.6. The van der Waals surface area contributed by atoms with Gasteiger partial charge in [0.2, 0.25) is 5.78 Å². The summed E-state index contributed by atoms with van der Waals surface area (Å²) in [5, 5.41) is 23.5. The number of amides is 1. The average Bonchev–Trinajstić information content (AvgIpc) is 3.49. The number of carbonyl (C=O) groups excluding carboxylic acids is 2. The number of rotatable bonds is 5. The largest absolute Gasteiger partial charge is 0.508 e. The molecule has 1 unspecified atom stereocenters.